The highest BCUT2D eigenvalue weighted by Crippen LogP contribution is 2.29. The molecule has 5 heteroatoms. The number of pyridine rings is 1. The van der Waals surface area contributed by atoms with Crippen molar-refractivity contribution in [3.8, 4) is 0 Å². The molecule has 0 radical (unpaired) electrons. The number of piperidine rings is 1. The zero-order chi connectivity index (χ0) is 13.9. The molecule has 1 aliphatic heterocycles. The third kappa shape index (κ3) is 2.87. The summed E-state index contributed by atoms with van der Waals surface area (Å²) in [7, 11) is 0. The lowest BCUT2D eigenvalue weighted by Crippen LogP contribution is -2.33. The molecule has 20 heavy (non-hydrogen) atoms. The predicted molar refractivity (Wildman–Crippen MR) is 84.0 cm³/mol. The lowest BCUT2D eigenvalue weighted by atomic mass is 9.91. The monoisotopic (exact) mass is 334 g/mol. The van der Waals surface area contributed by atoms with E-state index in [1.807, 2.05) is 17.1 Å². The fourth-order valence-electron chi connectivity index (χ4n) is 2.76. The molecule has 3 heterocycles. The van der Waals surface area contributed by atoms with Gasteiger partial charge < -0.3 is 4.90 Å². The van der Waals surface area contributed by atoms with E-state index in [2.05, 4.69) is 56.2 Å². The van der Waals surface area contributed by atoms with E-state index >= 15 is 0 Å². The van der Waals surface area contributed by atoms with Crippen LogP contribution in [-0.2, 0) is 6.54 Å². The molecule has 1 saturated heterocycles. The van der Waals surface area contributed by atoms with E-state index in [-0.39, 0.29) is 0 Å². The zero-order valence-electron chi connectivity index (χ0n) is 11.7. The summed E-state index contributed by atoms with van der Waals surface area (Å²) in [6.07, 6.45) is 8.44. The average Bonchev–Trinajstić information content (AvgIpc) is 2.97. The molecule has 0 saturated carbocycles. The number of aryl methyl sites for hydroxylation is 1. The van der Waals surface area contributed by atoms with Gasteiger partial charge in [-0.05, 0) is 59.3 Å². The standard InChI is InChI=1S/C15H19BrN4/c1-2-20-11-13(9-18-20)12-5-7-19(8-6-12)15-4-3-14(16)10-17-15/h3-4,9-12H,2,5-8H2,1H3. The van der Waals surface area contributed by atoms with Crippen molar-refractivity contribution >= 4 is 21.7 Å². The highest BCUT2D eigenvalue weighted by Gasteiger charge is 2.22. The van der Waals surface area contributed by atoms with Crippen molar-refractivity contribution in [1.29, 1.82) is 0 Å². The van der Waals surface area contributed by atoms with Gasteiger partial charge in [0, 0.05) is 36.5 Å². The Morgan fingerprint density at radius 2 is 2.05 bits per heavy atom. The van der Waals surface area contributed by atoms with E-state index in [0.717, 1.165) is 29.9 Å². The SMILES string of the molecule is CCn1cc(C2CCN(c3ccc(Br)cn3)CC2)cn1. The van der Waals surface area contributed by atoms with Gasteiger partial charge in [-0.2, -0.15) is 5.10 Å². The summed E-state index contributed by atoms with van der Waals surface area (Å²) in [6, 6.07) is 4.14. The molecule has 0 aromatic carbocycles. The van der Waals surface area contributed by atoms with Crippen LogP contribution in [-0.4, -0.2) is 27.9 Å². The number of hydrogen-bond donors (Lipinski definition) is 0. The average molecular weight is 335 g/mol. The summed E-state index contributed by atoms with van der Waals surface area (Å²) in [5.74, 6) is 1.72. The van der Waals surface area contributed by atoms with Crippen LogP contribution in [0.5, 0.6) is 0 Å². The zero-order valence-corrected chi connectivity index (χ0v) is 13.3. The first-order valence-corrected chi connectivity index (χ1v) is 7.94. The molecular formula is C15H19BrN4. The molecule has 2 aromatic heterocycles. The van der Waals surface area contributed by atoms with Gasteiger partial charge in [0.2, 0.25) is 0 Å². The second-order valence-corrected chi connectivity index (χ2v) is 6.14. The fraction of sp³-hybridized carbons (Fsp3) is 0.467. The van der Waals surface area contributed by atoms with Gasteiger partial charge in [-0.1, -0.05) is 0 Å². The largest absolute Gasteiger partial charge is 0.357 e. The maximum atomic E-state index is 4.48. The Morgan fingerprint density at radius 1 is 1.25 bits per heavy atom. The van der Waals surface area contributed by atoms with E-state index < -0.39 is 0 Å². The minimum atomic E-state index is 0.641. The quantitative estimate of drug-likeness (QED) is 0.862. The lowest BCUT2D eigenvalue weighted by Gasteiger charge is -2.32. The topological polar surface area (TPSA) is 34.0 Å². The third-order valence-corrected chi connectivity index (χ3v) is 4.45. The summed E-state index contributed by atoms with van der Waals surface area (Å²) < 4.78 is 3.04. The third-order valence-electron chi connectivity index (χ3n) is 3.98. The molecule has 1 aliphatic rings. The van der Waals surface area contributed by atoms with Crippen LogP contribution in [0.25, 0.3) is 0 Å². The van der Waals surface area contributed by atoms with Gasteiger partial charge in [0.05, 0.1) is 6.20 Å². The summed E-state index contributed by atoms with van der Waals surface area (Å²) in [4.78, 5) is 6.85. The van der Waals surface area contributed by atoms with Gasteiger partial charge in [-0.25, -0.2) is 4.98 Å². The van der Waals surface area contributed by atoms with Crippen LogP contribution in [0.1, 0.15) is 31.2 Å². The Labute approximate surface area is 127 Å². The molecule has 4 nitrogen and oxygen atoms in total. The number of halogens is 1. The van der Waals surface area contributed by atoms with Crippen LogP contribution < -0.4 is 4.90 Å². The predicted octanol–water partition coefficient (Wildman–Crippen LogP) is 3.44. The van der Waals surface area contributed by atoms with Gasteiger partial charge >= 0.3 is 0 Å². The molecular weight excluding hydrogens is 316 g/mol. The lowest BCUT2D eigenvalue weighted by molar-refractivity contribution is 0.502. The molecule has 3 rings (SSSR count). The van der Waals surface area contributed by atoms with Crippen molar-refractivity contribution in [1.82, 2.24) is 14.8 Å². The van der Waals surface area contributed by atoms with E-state index in [4.69, 9.17) is 0 Å². The smallest absolute Gasteiger partial charge is 0.128 e. The Hall–Kier alpha value is -1.36. The van der Waals surface area contributed by atoms with Crippen molar-refractivity contribution in [2.24, 2.45) is 0 Å². The van der Waals surface area contributed by atoms with Crippen LogP contribution in [0.2, 0.25) is 0 Å². The summed E-state index contributed by atoms with van der Waals surface area (Å²) >= 11 is 3.43. The van der Waals surface area contributed by atoms with Crippen molar-refractivity contribution in [2.75, 3.05) is 18.0 Å². The molecule has 0 atom stereocenters. The van der Waals surface area contributed by atoms with E-state index in [1.54, 1.807) is 0 Å². The Kier molecular flexibility index (Phi) is 4.05. The Balaban J connectivity index is 1.63. The van der Waals surface area contributed by atoms with Crippen LogP contribution >= 0.6 is 15.9 Å². The maximum Gasteiger partial charge on any atom is 0.128 e. The molecule has 0 N–H and O–H groups in total. The van der Waals surface area contributed by atoms with Gasteiger partial charge in [0.25, 0.3) is 0 Å². The minimum absolute atomic E-state index is 0.641. The summed E-state index contributed by atoms with van der Waals surface area (Å²) in [5.41, 5.74) is 1.38. The summed E-state index contributed by atoms with van der Waals surface area (Å²) in [5, 5.41) is 4.38. The molecule has 106 valence electrons. The van der Waals surface area contributed by atoms with Crippen molar-refractivity contribution in [3.05, 3.63) is 40.8 Å². The number of aromatic nitrogens is 3. The minimum Gasteiger partial charge on any atom is -0.357 e. The normalized spacial score (nSPS) is 16.6. The molecule has 0 unspecified atom stereocenters. The highest BCUT2D eigenvalue weighted by molar-refractivity contribution is 9.10. The Bertz CT molecular complexity index is 556. The Morgan fingerprint density at radius 3 is 2.65 bits per heavy atom. The maximum absolute atomic E-state index is 4.48. The van der Waals surface area contributed by atoms with Gasteiger partial charge in [-0.15, -0.1) is 0 Å². The molecule has 2 aromatic rings. The first-order valence-electron chi connectivity index (χ1n) is 7.15. The second kappa shape index (κ2) is 5.95. The van der Waals surface area contributed by atoms with E-state index in [0.29, 0.717) is 5.92 Å². The van der Waals surface area contributed by atoms with E-state index in [9.17, 15) is 0 Å². The first kappa shape index (κ1) is 13.6. The first-order chi connectivity index (χ1) is 9.76. The number of rotatable bonds is 3. The number of nitrogens with zero attached hydrogens (tertiary/aromatic N) is 4. The van der Waals surface area contributed by atoms with Gasteiger partial charge in [0.15, 0.2) is 0 Å². The molecule has 0 bridgehead atoms. The highest BCUT2D eigenvalue weighted by atomic mass is 79.9. The number of anilines is 1. The summed E-state index contributed by atoms with van der Waals surface area (Å²) in [6.45, 7) is 5.20. The van der Waals surface area contributed by atoms with Crippen molar-refractivity contribution in [2.45, 2.75) is 32.2 Å². The van der Waals surface area contributed by atoms with Gasteiger partial charge in [-0.3, -0.25) is 4.68 Å². The number of hydrogen-bond acceptors (Lipinski definition) is 3. The van der Waals surface area contributed by atoms with Crippen LogP contribution in [0, 0.1) is 0 Å². The molecule has 0 aliphatic carbocycles. The van der Waals surface area contributed by atoms with Crippen molar-refractivity contribution < 1.29 is 0 Å². The molecule has 0 amide bonds. The van der Waals surface area contributed by atoms with E-state index in [1.165, 1.54) is 18.4 Å². The van der Waals surface area contributed by atoms with Crippen LogP contribution in [0.4, 0.5) is 5.82 Å². The fourth-order valence-corrected chi connectivity index (χ4v) is 2.99. The van der Waals surface area contributed by atoms with Crippen LogP contribution in [0.15, 0.2) is 35.2 Å². The van der Waals surface area contributed by atoms with Crippen LogP contribution in [0.3, 0.4) is 0 Å². The second-order valence-electron chi connectivity index (χ2n) is 5.23. The van der Waals surface area contributed by atoms with Crippen molar-refractivity contribution in [3.63, 3.8) is 0 Å². The molecule has 0 spiro atoms. The van der Waals surface area contributed by atoms with Gasteiger partial charge in [0.1, 0.15) is 5.82 Å². The molecule has 1 fully saturated rings.